The smallest absolute Gasteiger partial charge is 0.119 e. The van der Waals surface area contributed by atoms with Crippen LogP contribution in [0.25, 0.3) is 0 Å². The van der Waals surface area contributed by atoms with E-state index in [1.54, 1.807) is 0 Å². The van der Waals surface area contributed by atoms with Gasteiger partial charge in [-0.15, -0.1) is 0 Å². The molecule has 0 aliphatic carbocycles. The maximum atomic E-state index is 5.83. The quantitative estimate of drug-likeness (QED) is 0.820. The van der Waals surface area contributed by atoms with Crippen LogP contribution in [0.4, 0.5) is 0 Å². The fourth-order valence-electron chi connectivity index (χ4n) is 2.75. The monoisotopic (exact) mass is 306 g/mol. The highest BCUT2D eigenvalue weighted by Gasteiger charge is 2.22. The molecule has 1 fully saturated rings. The van der Waals surface area contributed by atoms with Crippen LogP contribution in [0.5, 0.6) is 5.75 Å². The number of nitrogens with two attached hydrogens (primary N) is 1. The lowest BCUT2D eigenvalue weighted by Gasteiger charge is -2.35. The summed E-state index contributed by atoms with van der Waals surface area (Å²) in [7, 11) is 0. The molecule has 0 spiro atoms. The van der Waals surface area contributed by atoms with E-state index < -0.39 is 0 Å². The standard InChI is InChI=1S/C17H26N2OS/c1-13-7-8-19(12-14(13)2)9-10-20-16-5-3-15(4-6-16)11-17(18)21/h3-6,13-14H,7-12H2,1-2H3,(H2,18,21). The predicted octanol–water partition coefficient (Wildman–Crippen LogP) is 2.87. The molecular weight excluding hydrogens is 280 g/mol. The van der Waals surface area contributed by atoms with Crippen molar-refractivity contribution in [2.24, 2.45) is 17.6 Å². The summed E-state index contributed by atoms with van der Waals surface area (Å²) >= 11 is 4.91. The third kappa shape index (κ3) is 5.29. The fraction of sp³-hybridized carbons (Fsp3) is 0.588. The van der Waals surface area contributed by atoms with Crippen LogP contribution in [0.2, 0.25) is 0 Å². The summed E-state index contributed by atoms with van der Waals surface area (Å²) in [5.41, 5.74) is 6.67. The van der Waals surface area contributed by atoms with E-state index in [-0.39, 0.29) is 0 Å². The van der Waals surface area contributed by atoms with Crippen LogP contribution in [0.15, 0.2) is 24.3 Å². The van der Waals surface area contributed by atoms with Crippen LogP contribution in [0, 0.1) is 11.8 Å². The number of piperidine rings is 1. The van der Waals surface area contributed by atoms with Crippen LogP contribution in [0.3, 0.4) is 0 Å². The molecule has 4 heteroatoms. The van der Waals surface area contributed by atoms with E-state index in [0.29, 0.717) is 11.4 Å². The topological polar surface area (TPSA) is 38.5 Å². The van der Waals surface area contributed by atoms with Crippen LogP contribution >= 0.6 is 12.2 Å². The van der Waals surface area contributed by atoms with Gasteiger partial charge < -0.3 is 10.5 Å². The van der Waals surface area contributed by atoms with Gasteiger partial charge in [-0.3, -0.25) is 4.90 Å². The van der Waals surface area contributed by atoms with Gasteiger partial charge >= 0.3 is 0 Å². The van der Waals surface area contributed by atoms with Gasteiger partial charge in [0, 0.05) is 19.5 Å². The molecule has 116 valence electrons. The van der Waals surface area contributed by atoms with Crippen molar-refractivity contribution in [1.82, 2.24) is 4.90 Å². The second kappa shape index (κ2) is 7.76. The van der Waals surface area contributed by atoms with Gasteiger partial charge in [-0.1, -0.05) is 38.2 Å². The van der Waals surface area contributed by atoms with Crippen molar-refractivity contribution in [1.29, 1.82) is 0 Å². The number of nitrogens with zero attached hydrogens (tertiary/aromatic N) is 1. The molecule has 21 heavy (non-hydrogen) atoms. The average molecular weight is 306 g/mol. The van der Waals surface area contributed by atoms with Crippen LogP contribution in [-0.4, -0.2) is 36.1 Å². The lowest BCUT2D eigenvalue weighted by Crippen LogP contribution is -2.40. The zero-order chi connectivity index (χ0) is 15.2. The van der Waals surface area contributed by atoms with Gasteiger partial charge in [0.25, 0.3) is 0 Å². The number of hydrogen-bond donors (Lipinski definition) is 1. The zero-order valence-electron chi connectivity index (χ0n) is 13.0. The van der Waals surface area contributed by atoms with Crippen LogP contribution in [-0.2, 0) is 6.42 Å². The third-order valence-electron chi connectivity index (χ3n) is 4.40. The Bertz CT molecular complexity index is 460. The zero-order valence-corrected chi connectivity index (χ0v) is 13.9. The van der Waals surface area contributed by atoms with Gasteiger partial charge in [-0.25, -0.2) is 0 Å². The number of rotatable bonds is 6. The minimum atomic E-state index is 0.525. The Labute approximate surface area is 133 Å². The molecule has 1 heterocycles. The molecule has 1 aromatic rings. The number of thiocarbonyl (C=S) groups is 1. The molecule has 0 radical (unpaired) electrons. The van der Waals surface area contributed by atoms with Crippen LogP contribution in [0.1, 0.15) is 25.8 Å². The molecule has 0 bridgehead atoms. The number of ether oxygens (including phenoxy) is 1. The Hall–Kier alpha value is -1.13. The molecule has 3 nitrogen and oxygen atoms in total. The van der Waals surface area contributed by atoms with E-state index in [4.69, 9.17) is 22.7 Å². The first-order valence-electron chi connectivity index (χ1n) is 7.77. The Morgan fingerprint density at radius 3 is 2.62 bits per heavy atom. The molecule has 1 aromatic carbocycles. The van der Waals surface area contributed by atoms with E-state index in [2.05, 4.69) is 18.7 Å². The summed E-state index contributed by atoms with van der Waals surface area (Å²) in [6.07, 6.45) is 1.95. The molecule has 2 N–H and O–H groups in total. The average Bonchev–Trinajstić information content (AvgIpc) is 2.44. The highest BCUT2D eigenvalue weighted by Crippen LogP contribution is 2.22. The molecule has 0 saturated carbocycles. The molecule has 2 rings (SSSR count). The summed E-state index contributed by atoms with van der Waals surface area (Å²) in [5, 5.41) is 0. The highest BCUT2D eigenvalue weighted by molar-refractivity contribution is 7.80. The maximum Gasteiger partial charge on any atom is 0.119 e. The van der Waals surface area contributed by atoms with Gasteiger partial charge in [-0.2, -0.15) is 0 Å². The van der Waals surface area contributed by atoms with Crippen molar-refractivity contribution >= 4 is 17.2 Å². The van der Waals surface area contributed by atoms with E-state index in [9.17, 15) is 0 Å². The van der Waals surface area contributed by atoms with E-state index in [0.717, 1.165) is 36.3 Å². The molecule has 2 unspecified atom stereocenters. The Morgan fingerprint density at radius 1 is 1.29 bits per heavy atom. The highest BCUT2D eigenvalue weighted by atomic mass is 32.1. The van der Waals surface area contributed by atoms with Crippen molar-refractivity contribution < 1.29 is 4.74 Å². The summed E-state index contributed by atoms with van der Waals surface area (Å²) < 4.78 is 5.83. The molecule has 2 atom stereocenters. The van der Waals surface area contributed by atoms with Gasteiger partial charge in [0.1, 0.15) is 12.4 Å². The summed E-state index contributed by atoms with van der Waals surface area (Å²) in [4.78, 5) is 3.03. The van der Waals surface area contributed by atoms with Gasteiger partial charge in [0.15, 0.2) is 0 Å². The lowest BCUT2D eigenvalue weighted by atomic mass is 9.89. The Morgan fingerprint density at radius 2 is 2.00 bits per heavy atom. The second-order valence-electron chi connectivity index (χ2n) is 6.18. The number of benzene rings is 1. The van der Waals surface area contributed by atoms with Gasteiger partial charge in [-0.05, 0) is 42.5 Å². The van der Waals surface area contributed by atoms with Crippen molar-refractivity contribution in [2.45, 2.75) is 26.7 Å². The van der Waals surface area contributed by atoms with Crippen molar-refractivity contribution in [3.05, 3.63) is 29.8 Å². The third-order valence-corrected chi connectivity index (χ3v) is 4.54. The number of hydrogen-bond acceptors (Lipinski definition) is 3. The van der Waals surface area contributed by atoms with Gasteiger partial charge in [0.2, 0.25) is 0 Å². The Kier molecular flexibility index (Phi) is 6.00. The molecule has 0 aromatic heterocycles. The summed E-state index contributed by atoms with van der Waals surface area (Å²) in [6.45, 7) is 8.84. The van der Waals surface area contributed by atoms with Gasteiger partial charge in [0.05, 0.1) is 4.99 Å². The maximum absolute atomic E-state index is 5.83. The fourth-order valence-corrected chi connectivity index (χ4v) is 2.92. The number of likely N-dealkylation sites (tertiary alicyclic amines) is 1. The molecule has 1 saturated heterocycles. The SMILES string of the molecule is CC1CCN(CCOc2ccc(CC(N)=S)cc2)CC1C. The summed E-state index contributed by atoms with van der Waals surface area (Å²) in [6, 6.07) is 8.04. The summed E-state index contributed by atoms with van der Waals surface area (Å²) in [5.74, 6) is 2.56. The normalized spacial score (nSPS) is 23.0. The van der Waals surface area contributed by atoms with Crippen molar-refractivity contribution in [2.75, 3.05) is 26.2 Å². The van der Waals surface area contributed by atoms with E-state index in [1.807, 2.05) is 24.3 Å². The molecular formula is C17H26N2OS. The second-order valence-corrected chi connectivity index (χ2v) is 6.70. The largest absolute Gasteiger partial charge is 0.492 e. The lowest BCUT2D eigenvalue weighted by molar-refractivity contribution is 0.119. The minimum absolute atomic E-state index is 0.525. The van der Waals surface area contributed by atoms with Crippen molar-refractivity contribution in [3.8, 4) is 5.75 Å². The Balaban J connectivity index is 1.72. The molecule has 1 aliphatic heterocycles. The van der Waals surface area contributed by atoms with Crippen LogP contribution < -0.4 is 10.5 Å². The minimum Gasteiger partial charge on any atom is -0.492 e. The first-order valence-corrected chi connectivity index (χ1v) is 8.18. The van der Waals surface area contributed by atoms with Crippen molar-refractivity contribution in [3.63, 3.8) is 0 Å². The molecule has 0 amide bonds. The first kappa shape index (κ1) is 16.2. The van der Waals surface area contributed by atoms with E-state index in [1.165, 1.54) is 19.5 Å². The van der Waals surface area contributed by atoms with E-state index >= 15 is 0 Å². The first-order chi connectivity index (χ1) is 10.0. The predicted molar refractivity (Wildman–Crippen MR) is 91.8 cm³/mol. The molecule has 1 aliphatic rings.